The van der Waals surface area contributed by atoms with Gasteiger partial charge in [-0.2, -0.15) is 4.31 Å². The van der Waals surface area contributed by atoms with Crippen molar-refractivity contribution in [2.45, 2.75) is 25.7 Å². The van der Waals surface area contributed by atoms with Crippen molar-refractivity contribution in [1.82, 2.24) is 14.1 Å². The van der Waals surface area contributed by atoms with Gasteiger partial charge in [-0.3, -0.25) is 9.59 Å². The molecule has 10 heteroatoms. The van der Waals surface area contributed by atoms with Crippen LogP contribution in [0.2, 0.25) is 5.02 Å². The van der Waals surface area contributed by atoms with E-state index < -0.39 is 15.9 Å². The standard InChI is InChI=1S/C24H31ClN4O4S/c1-5-28-11-13-29(14-12-28)34(32,33)19-9-10-21(25)20(15-19)24(31)27(4)16-22(30)26-23-17(2)7-6-8-18(23)3/h6-10,15H,5,11-14,16H2,1-4H3,(H,26,30). The Morgan fingerprint density at radius 2 is 1.68 bits per heavy atom. The number of likely N-dealkylation sites (N-methyl/N-ethyl adjacent to an activating group) is 2. The van der Waals surface area contributed by atoms with Gasteiger partial charge >= 0.3 is 0 Å². The molecule has 184 valence electrons. The summed E-state index contributed by atoms with van der Waals surface area (Å²) in [5.74, 6) is -0.892. The lowest BCUT2D eigenvalue weighted by atomic mass is 10.1. The highest BCUT2D eigenvalue weighted by Crippen LogP contribution is 2.25. The zero-order valence-electron chi connectivity index (χ0n) is 20.0. The number of anilines is 1. The van der Waals surface area contributed by atoms with Crippen LogP contribution in [0.4, 0.5) is 5.69 Å². The first-order valence-corrected chi connectivity index (χ1v) is 13.0. The number of hydrogen-bond donors (Lipinski definition) is 1. The molecular weight excluding hydrogens is 476 g/mol. The van der Waals surface area contributed by atoms with Crippen molar-refractivity contribution in [2.24, 2.45) is 0 Å². The van der Waals surface area contributed by atoms with Crippen LogP contribution in [0, 0.1) is 13.8 Å². The SMILES string of the molecule is CCN1CCN(S(=O)(=O)c2ccc(Cl)c(C(=O)N(C)CC(=O)Nc3c(C)cccc3C)c2)CC1. The molecule has 1 saturated heterocycles. The third-order valence-corrected chi connectivity index (χ3v) is 8.28. The van der Waals surface area contributed by atoms with Gasteiger partial charge in [0.05, 0.1) is 22.0 Å². The number of halogens is 1. The Labute approximate surface area is 206 Å². The number of nitrogens with one attached hydrogen (secondary N) is 1. The molecule has 1 aliphatic rings. The fraction of sp³-hybridized carbons (Fsp3) is 0.417. The van der Waals surface area contributed by atoms with E-state index in [2.05, 4.69) is 10.2 Å². The molecule has 2 aromatic rings. The van der Waals surface area contributed by atoms with Crippen LogP contribution < -0.4 is 5.32 Å². The maximum absolute atomic E-state index is 13.2. The first kappa shape index (κ1) is 26.2. The molecule has 1 aliphatic heterocycles. The summed E-state index contributed by atoms with van der Waals surface area (Å²) in [6, 6.07) is 9.81. The number of para-hydroxylation sites is 1. The molecule has 1 heterocycles. The first-order chi connectivity index (χ1) is 16.0. The molecule has 8 nitrogen and oxygen atoms in total. The Morgan fingerprint density at radius 3 is 2.26 bits per heavy atom. The highest BCUT2D eigenvalue weighted by atomic mass is 35.5. The average Bonchev–Trinajstić information content (AvgIpc) is 2.81. The summed E-state index contributed by atoms with van der Waals surface area (Å²) in [6.07, 6.45) is 0. The molecule has 0 aromatic heterocycles. The van der Waals surface area contributed by atoms with E-state index in [-0.39, 0.29) is 27.9 Å². The molecule has 0 saturated carbocycles. The van der Waals surface area contributed by atoms with Gasteiger partial charge in [-0.15, -0.1) is 0 Å². The summed E-state index contributed by atoms with van der Waals surface area (Å²) in [4.78, 5) is 29.1. The first-order valence-electron chi connectivity index (χ1n) is 11.2. The van der Waals surface area contributed by atoms with E-state index in [1.165, 1.54) is 34.5 Å². The highest BCUT2D eigenvalue weighted by Gasteiger charge is 2.29. The number of rotatable bonds is 7. The lowest BCUT2D eigenvalue weighted by molar-refractivity contribution is -0.116. The molecule has 3 rings (SSSR count). The Morgan fingerprint density at radius 1 is 1.06 bits per heavy atom. The summed E-state index contributed by atoms with van der Waals surface area (Å²) in [5.41, 5.74) is 2.59. The lowest BCUT2D eigenvalue weighted by Gasteiger charge is -2.33. The van der Waals surface area contributed by atoms with Crippen molar-refractivity contribution in [2.75, 3.05) is 51.6 Å². The second kappa shape index (κ2) is 10.9. The van der Waals surface area contributed by atoms with E-state index in [9.17, 15) is 18.0 Å². The molecule has 34 heavy (non-hydrogen) atoms. The Balaban J connectivity index is 1.74. The molecule has 1 N–H and O–H groups in total. The van der Waals surface area contributed by atoms with E-state index in [4.69, 9.17) is 11.6 Å². The van der Waals surface area contributed by atoms with Crippen LogP contribution in [-0.4, -0.2) is 80.7 Å². The number of nitrogens with zero attached hydrogens (tertiary/aromatic N) is 3. The van der Waals surface area contributed by atoms with Crippen LogP contribution in [0.15, 0.2) is 41.3 Å². The Bertz CT molecular complexity index is 1160. The van der Waals surface area contributed by atoms with Crippen LogP contribution in [-0.2, 0) is 14.8 Å². The molecular formula is C24H31ClN4O4S. The molecule has 0 spiro atoms. The van der Waals surface area contributed by atoms with E-state index in [1.54, 1.807) is 0 Å². The van der Waals surface area contributed by atoms with Crippen molar-refractivity contribution in [3.8, 4) is 0 Å². The number of sulfonamides is 1. The number of amides is 2. The highest BCUT2D eigenvalue weighted by molar-refractivity contribution is 7.89. The third-order valence-electron chi connectivity index (χ3n) is 6.06. The lowest BCUT2D eigenvalue weighted by Crippen LogP contribution is -2.48. The van der Waals surface area contributed by atoms with Crippen LogP contribution >= 0.6 is 11.6 Å². The van der Waals surface area contributed by atoms with Crippen molar-refractivity contribution in [3.63, 3.8) is 0 Å². The summed E-state index contributed by atoms with van der Waals surface area (Å²) >= 11 is 6.25. The zero-order valence-corrected chi connectivity index (χ0v) is 21.5. The van der Waals surface area contributed by atoms with Crippen LogP contribution in [0.25, 0.3) is 0 Å². The van der Waals surface area contributed by atoms with Gasteiger partial charge in [0.2, 0.25) is 15.9 Å². The fourth-order valence-corrected chi connectivity index (χ4v) is 5.59. The summed E-state index contributed by atoms with van der Waals surface area (Å²) in [5, 5.41) is 2.97. The molecule has 1 fully saturated rings. The summed E-state index contributed by atoms with van der Waals surface area (Å²) in [6.45, 7) is 8.59. The maximum Gasteiger partial charge on any atom is 0.255 e. The largest absolute Gasteiger partial charge is 0.332 e. The van der Waals surface area contributed by atoms with Crippen molar-refractivity contribution < 1.29 is 18.0 Å². The molecule has 0 bridgehead atoms. The van der Waals surface area contributed by atoms with Gasteiger partial charge in [-0.05, 0) is 49.7 Å². The minimum Gasteiger partial charge on any atom is -0.332 e. The summed E-state index contributed by atoms with van der Waals surface area (Å²) in [7, 11) is -2.29. The number of aryl methyl sites for hydroxylation is 2. The smallest absolute Gasteiger partial charge is 0.255 e. The molecule has 0 unspecified atom stereocenters. The van der Waals surface area contributed by atoms with Gasteiger partial charge in [0.1, 0.15) is 0 Å². The van der Waals surface area contributed by atoms with E-state index in [1.807, 2.05) is 39.0 Å². The normalized spacial score (nSPS) is 15.2. The van der Waals surface area contributed by atoms with Crippen molar-refractivity contribution in [3.05, 3.63) is 58.1 Å². The van der Waals surface area contributed by atoms with Gasteiger partial charge in [0, 0.05) is 38.9 Å². The number of hydrogen-bond acceptors (Lipinski definition) is 5. The van der Waals surface area contributed by atoms with Crippen LogP contribution in [0.3, 0.4) is 0 Å². The Hall–Kier alpha value is -2.46. The zero-order chi connectivity index (χ0) is 25.0. The topological polar surface area (TPSA) is 90.0 Å². The Kier molecular flexibility index (Phi) is 8.35. The van der Waals surface area contributed by atoms with Gasteiger partial charge in [0.15, 0.2) is 0 Å². The van der Waals surface area contributed by atoms with E-state index in [0.29, 0.717) is 31.9 Å². The van der Waals surface area contributed by atoms with Crippen LogP contribution in [0.1, 0.15) is 28.4 Å². The second-order valence-corrected chi connectivity index (χ2v) is 10.8. The molecule has 0 atom stereocenters. The van der Waals surface area contributed by atoms with Crippen molar-refractivity contribution >= 4 is 39.1 Å². The number of carbonyl (C=O) groups excluding carboxylic acids is 2. The van der Waals surface area contributed by atoms with E-state index >= 15 is 0 Å². The van der Waals surface area contributed by atoms with Gasteiger partial charge in [-0.25, -0.2) is 8.42 Å². The van der Waals surface area contributed by atoms with E-state index in [0.717, 1.165) is 17.7 Å². The minimum atomic E-state index is -3.77. The predicted octanol–water partition coefficient (Wildman–Crippen LogP) is 2.99. The number of piperazine rings is 1. The minimum absolute atomic E-state index is 0.0126. The number of carbonyl (C=O) groups is 2. The monoisotopic (exact) mass is 506 g/mol. The van der Waals surface area contributed by atoms with Gasteiger partial charge in [-0.1, -0.05) is 36.7 Å². The van der Waals surface area contributed by atoms with Gasteiger partial charge in [0.25, 0.3) is 5.91 Å². The number of benzene rings is 2. The molecule has 2 aromatic carbocycles. The average molecular weight is 507 g/mol. The van der Waals surface area contributed by atoms with Gasteiger partial charge < -0.3 is 15.1 Å². The molecule has 0 radical (unpaired) electrons. The fourth-order valence-electron chi connectivity index (χ4n) is 3.95. The summed E-state index contributed by atoms with van der Waals surface area (Å²) < 4.78 is 27.7. The molecule has 2 amide bonds. The quantitative estimate of drug-likeness (QED) is 0.623. The second-order valence-electron chi connectivity index (χ2n) is 8.46. The maximum atomic E-state index is 13.2. The van der Waals surface area contributed by atoms with Crippen LogP contribution in [0.5, 0.6) is 0 Å². The predicted molar refractivity (Wildman–Crippen MR) is 134 cm³/mol. The van der Waals surface area contributed by atoms with Crippen molar-refractivity contribution in [1.29, 1.82) is 0 Å². The third kappa shape index (κ3) is 5.78. The molecule has 0 aliphatic carbocycles.